The fraction of sp³-hybridized carbons (Fsp3) is 0.643. The largest absolute Gasteiger partial charge is 0.356 e. The quantitative estimate of drug-likeness (QED) is 0.809. The Labute approximate surface area is 113 Å². The van der Waals surface area contributed by atoms with Gasteiger partial charge in [0.15, 0.2) is 0 Å². The maximum absolute atomic E-state index is 8.93. The second-order valence-corrected chi connectivity index (χ2v) is 5.32. The third-order valence-electron chi connectivity index (χ3n) is 4.07. The first kappa shape index (κ1) is 12.2. The van der Waals surface area contributed by atoms with Crippen molar-refractivity contribution in [3.8, 4) is 6.07 Å². The second-order valence-electron chi connectivity index (χ2n) is 5.32. The van der Waals surface area contributed by atoms with E-state index in [0.717, 1.165) is 50.7 Å². The molecule has 19 heavy (non-hydrogen) atoms. The van der Waals surface area contributed by atoms with E-state index in [9.17, 15) is 0 Å². The Morgan fingerprint density at radius 3 is 2.16 bits per heavy atom. The summed E-state index contributed by atoms with van der Waals surface area (Å²) in [6.45, 7) is 4.06. The molecule has 3 rings (SSSR count). The highest BCUT2D eigenvalue weighted by Gasteiger charge is 2.21. The summed E-state index contributed by atoms with van der Waals surface area (Å²) in [6, 6.07) is 4.46. The van der Waals surface area contributed by atoms with Crippen LogP contribution in [0.1, 0.15) is 25.7 Å². The fourth-order valence-corrected chi connectivity index (χ4v) is 2.87. The molecule has 0 spiro atoms. The van der Waals surface area contributed by atoms with Crippen molar-refractivity contribution in [2.45, 2.75) is 25.7 Å². The van der Waals surface area contributed by atoms with E-state index in [1.54, 1.807) is 6.33 Å². The molecule has 2 fully saturated rings. The molecule has 0 aromatic carbocycles. The van der Waals surface area contributed by atoms with Crippen molar-refractivity contribution >= 4 is 11.6 Å². The molecule has 2 aliphatic heterocycles. The second kappa shape index (κ2) is 5.43. The fourth-order valence-electron chi connectivity index (χ4n) is 2.87. The maximum atomic E-state index is 8.93. The summed E-state index contributed by atoms with van der Waals surface area (Å²) in [5.74, 6) is 2.27. The summed E-state index contributed by atoms with van der Waals surface area (Å²) in [5.41, 5.74) is 0. The number of hydrogen-bond donors (Lipinski definition) is 0. The molecule has 0 aliphatic carbocycles. The van der Waals surface area contributed by atoms with Crippen LogP contribution >= 0.6 is 0 Å². The van der Waals surface area contributed by atoms with Gasteiger partial charge in [-0.15, -0.1) is 0 Å². The lowest BCUT2D eigenvalue weighted by Gasteiger charge is -2.30. The molecule has 5 nitrogen and oxygen atoms in total. The van der Waals surface area contributed by atoms with Gasteiger partial charge in [0.1, 0.15) is 18.0 Å². The highest BCUT2D eigenvalue weighted by molar-refractivity contribution is 5.50. The van der Waals surface area contributed by atoms with Crippen LogP contribution in [0.4, 0.5) is 11.6 Å². The number of nitrogens with zero attached hydrogens (tertiary/aromatic N) is 5. The van der Waals surface area contributed by atoms with Gasteiger partial charge >= 0.3 is 0 Å². The van der Waals surface area contributed by atoms with Gasteiger partial charge in [-0.3, -0.25) is 0 Å². The van der Waals surface area contributed by atoms with E-state index < -0.39 is 0 Å². The van der Waals surface area contributed by atoms with E-state index in [0.29, 0.717) is 0 Å². The molecule has 0 atom stereocenters. The van der Waals surface area contributed by atoms with Crippen LogP contribution < -0.4 is 9.80 Å². The molecule has 0 unspecified atom stereocenters. The normalized spacial score (nSPS) is 20.6. The number of piperidine rings is 1. The van der Waals surface area contributed by atoms with Gasteiger partial charge in [0.2, 0.25) is 0 Å². The zero-order valence-corrected chi connectivity index (χ0v) is 11.1. The van der Waals surface area contributed by atoms with E-state index in [-0.39, 0.29) is 5.92 Å². The Hall–Kier alpha value is -1.83. The summed E-state index contributed by atoms with van der Waals surface area (Å²) in [6.07, 6.45) is 6.07. The van der Waals surface area contributed by atoms with Crippen LogP contribution in [0.3, 0.4) is 0 Å². The molecule has 0 bridgehead atoms. The lowest BCUT2D eigenvalue weighted by molar-refractivity contribution is 0.485. The predicted octanol–water partition coefficient (Wildman–Crippen LogP) is 1.82. The number of aromatic nitrogens is 2. The predicted molar refractivity (Wildman–Crippen MR) is 74.0 cm³/mol. The van der Waals surface area contributed by atoms with E-state index >= 15 is 0 Å². The molecule has 1 aromatic rings. The van der Waals surface area contributed by atoms with Gasteiger partial charge in [0, 0.05) is 38.2 Å². The van der Waals surface area contributed by atoms with Crippen LogP contribution in [0, 0.1) is 17.2 Å². The van der Waals surface area contributed by atoms with Crippen molar-refractivity contribution in [2.24, 2.45) is 5.92 Å². The smallest absolute Gasteiger partial charge is 0.134 e. The van der Waals surface area contributed by atoms with Gasteiger partial charge < -0.3 is 9.80 Å². The van der Waals surface area contributed by atoms with Crippen LogP contribution in [0.25, 0.3) is 0 Å². The summed E-state index contributed by atoms with van der Waals surface area (Å²) in [5, 5.41) is 8.93. The first-order chi connectivity index (χ1) is 9.36. The molecular weight excluding hydrogens is 238 g/mol. The Morgan fingerprint density at radius 1 is 1.00 bits per heavy atom. The van der Waals surface area contributed by atoms with Crippen molar-refractivity contribution < 1.29 is 0 Å². The third-order valence-corrected chi connectivity index (χ3v) is 4.07. The van der Waals surface area contributed by atoms with Gasteiger partial charge in [-0.2, -0.15) is 5.26 Å². The summed E-state index contributed by atoms with van der Waals surface area (Å²) < 4.78 is 0. The van der Waals surface area contributed by atoms with Crippen LogP contribution in [-0.4, -0.2) is 36.1 Å². The van der Waals surface area contributed by atoms with E-state index in [1.165, 1.54) is 12.8 Å². The lowest BCUT2D eigenvalue weighted by Crippen LogP contribution is -2.34. The molecule has 3 heterocycles. The van der Waals surface area contributed by atoms with E-state index in [1.807, 2.05) is 0 Å². The molecule has 0 radical (unpaired) electrons. The first-order valence-electron chi connectivity index (χ1n) is 7.08. The molecule has 2 aliphatic rings. The van der Waals surface area contributed by atoms with Crippen molar-refractivity contribution in [1.29, 1.82) is 5.26 Å². The number of hydrogen-bond acceptors (Lipinski definition) is 5. The minimum Gasteiger partial charge on any atom is -0.356 e. The van der Waals surface area contributed by atoms with Crippen molar-refractivity contribution in [2.75, 3.05) is 36.0 Å². The van der Waals surface area contributed by atoms with E-state index in [4.69, 9.17) is 5.26 Å². The van der Waals surface area contributed by atoms with E-state index in [2.05, 4.69) is 31.9 Å². The summed E-state index contributed by atoms with van der Waals surface area (Å²) in [4.78, 5) is 13.4. The molecule has 0 saturated carbocycles. The van der Waals surface area contributed by atoms with Crippen LogP contribution in [-0.2, 0) is 0 Å². The summed E-state index contributed by atoms with van der Waals surface area (Å²) >= 11 is 0. The first-order valence-corrected chi connectivity index (χ1v) is 7.08. The maximum Gasteiger partial charge on any atom is 0.134 e. The average Bonchev–Trinajstić information content (AvgIpc) is 3.02. The molecule has 0 amide bonds. The standard InChI is InChI=1S/C14H19N5/c15-10-12-3-7-19(8-4-12)14-9-13(16-11-17-14)18-5-1-2-6-18/h9,11-12H,1-8H2. The zero-order valence-electron chi connectivity index (χ0n) is 11.1. The molecule has 100 valence electrons. The molecule has 0 N–H and O–H groups in total. The van der Waals surface area contributed by atoms with Gasteiger partial charge in [0.05, 0.1) is 6.07 Å². The highest BCUT2D eigenvalue weighted by Crippen LogP contribution is 2.24. The zero-order chi connectivity index (χ0) is 13.1. The van der Waals surface area contributed by atoms with Crippen molar-refractivity contribution in [3.05, 3.63) is 12.4 Å². The molecule has 2 saturated heterocycles. The Balaban J connectivity index is 1.71. The Kier molecular flexibility index (Phi) is 3.49. The molecule has 1 aromatic heterocycles. The highest BCUT2D eigenvalue weighted by atomic mass is 15.2. The van der Waals surface area contributed by atoms with Gasteiger partial charge in [-0.1, -0.05) is 0 Å². The lowest BCUT2D eigenvalue weighted by atomic mass is 9.99. The minimum atomic E-state index is 0.219. The summed E-state index contributed by atoms with van der Waals surface area (Å²) in [7, 11) is 0. The molecule has 5 heteroatoms. The number of anilines is 2. The average molecular weight is 257 g/mol. The van der Waals surface area contributed by atoms with Crippen molar-refractivity contribution in [1.82, 2.24) is 9.97 Å². The van der Waals surface area contributed by atoms with Gasteiger partial charge in [-0.25, -0.2) is 9.97 Å². The number of nitriles is 1. The molecular formula is C14H19N5. The van der Waals surface area contributed by atoms with Crippen LogP contribution in [0.5, 0.6) is 0 Å². The minimum absolute atomic E-state index is 0.219. The topological polar surface area (TPSA) is 56.1 Å². The third kappa shape index (κ3) is 2.62. The Morgan fingerprint density at radius 2 is 1.58 bits per heavy atom. The monoisotopic (exact) mass is 257 g/mol. The van der Waals surface area contributed by atoms with Crippen LogP contribution in [0.2, 0.25) is 0 Å². The number of rotatable bonds is 2. The van der Waals surface area contributed by atoms with Crippen LogP contribution in [0.15, 0.2) is 12.4 Å². The Bertz CT molecular complexity index is 467. The van der Waals surface area contributed by atoms with Crippen molar-refractivity contribution in [3.63, 3.8) is 0 Å². The van der Waals surface area contributed by atoms with Gasteiger partial charge in [-0.05, 0) is 25.7 Å². The van der Waals surface area contributed by atoms with Gasteiger partial charge in [0.25, 0.3) is 0 Å². The SMILES string of the molecule is N#CC1CCN(c2cc(N3CCCC3)ncn2)CC1.